The molecular weight excluding hydrogens is 358 g/mol. The zero-order valence-electron chi connectivity index (χ0n) is 15.4. The van der Waals surface area contributed by atoms with Gasteiger partial charge in [-0.15, -0.1) is 0 Å². The summed E-state index contributed by atoms with van der Waals surface area (Å²) < 4.78 is 18.8. The SMILES string of the molecule is O=c1nc2c3c(c(-c4ccccc4)ccc3n1CCC1CNCCO1)OCO2. The summed E-state index contributed by atoms with van der Waals surface area (Å²) in [5.41, 5.74) is 2.47. The maximum atomic E-state index is 12.7. The van der Waals surface area contributed by atoms with Gasteiger partial charge < -0.3 is 19.5 Å². The summed E-state index contributed by atoms with van der Waals surface area (Å²) in [5.74, 6) is 1.05. The molecule has 1 N–H and O–H groups in total. The van der Waals surface area contributed by atoms with Gasteiger partial charge in [-0.2, -0.15) is 4.98 Å². The Morgan fingerprint density at radius 3 is 2.86 bits per heavy atom. The first kappa shape index (κ1) is 17.2. The van der Waals surface area contributed by atoms with Gasteiger partial charge in [0.2, 0.25) is 12.7 Å². The minimum atomic E-state index is -0.313. The molecule has 0 bridgehead atoms. The Kier molecular flexibility index (Phi) is 4.46. The Morgan fingerprint density at radius 2 is 2.04 bits per heavy atom. The number of aromatic nitrogens is 2. The molecule has 1 atom stereocenters. The average Bonchev–Trinajstić information content (AvgIpc) is 2.75. The zero-order valence-corrected chi connectivity index (χ0v) is 15.4. The van der Waals surface area contributed by atoms with Crippen molar-refractivity contribution in [1.82, 2.24) is 14.9 Å². The van der Waals surface area contributed by atoms with E-state index < -0.39 is 0 Å². The van der Waals surface area contributed by atoms with Crippen LogP contribution in [0.4, 0.5) is 0 Å². The molecule has 0 amide bonds. The Bertz CT molecular complexity index is 1060. The van der Waals surface area contributed by atoms with Crippen LogP contribution < -0.4 is 20.5 Å². The van der Waals surface area contributed by atoms with E-state index in [1.807, 2.05) is 42.5 Å². The first-order valence-corrected chi connectivity index (χ1v) is 9.52. The minimum Gasteiger partial charge on any atom is -0.456 e. The van der Waals surface area contributed by atoms with Crippen molar-refractivity contribution in [2.75, 3.05) is 26.5 Å². The van der Waals surface area contributed by atoms with Gasteiger partial charge in [-0.05, 0) is 24.1 Å². The molecule has 144 valence electrons. The van der Waals surface area contributed by atoms with Crippen molar-refractivity contribution in [1.29, 1.82) is 0 Å². The third-order valence-electron chi connectivity index (χ3n) is 5.23. The zero-order chi connectivity index (χ0) is 18.9. The molecule has 1 aromatic heterocycles. The second-order valence-corrected chi connectivity index (χ2v) is 6.95. The molecule has 0 saturated carbocycles. The Balaban J connectivity index is 1.60. The number of rotatable bonds is 4. The van der Waals surface area contributed by atoms with E-state index in [0.717, 1.165) is 41.5 Å². The lowest BCUT2D eigenvalue weighted by Gasteiger charge is -2.25. The van der Waals surface area contributed by atoms with E-state index in [9.17, 15) is 4.79 Å². The molecule has 0 spiro atoms. The van der Waals surface area contributed by atoms with E-state index in [1.165, 1.54) is 0 Å². The number of nitrogens with zero attached hydrogens (tertiary/aromatic N) is 2. The quantitative estimate of drug-likeness (QED) is 0.749. The molecule has 2 aromatic carbocycles. The molecule has 28 heavy (non-hydrogen) atoms. The van der Waals surface area contributed by atoms with Gasteiger partial charge in [-0.25, -0.2) is 4.79 Å². The lowest BCUT2D eigenvalue weighted by Crippen LogP contribution is -2.39. The number of nitrogens with one attached hydrogen (secondary N) is 1. The first-order valence-electron chi connectivity index (χ1n) is 9.52. The normalized spacial score (nSPS) is 18.5. The summed E-state index contributed by atoms with van der Waals surface area (Å²) >= 11 is 0. The summed E-state index contributed by atoms with van der Waals surface area (Å²) in [5, 5.41) is 4.06. The van der Waals surface area contributed by atoms with Crippen molar-refractivity contribution >= 4 is 10.9 Å². The van der Waals surface area contributed by atoms with Gasteiger partial charge in [-0.1, -0.05) is 30.3 Å². The Hall–Kier alpha value is -2.90. The molecule has 3 aromatic rings. The smallest absolute Gasteiger partial charge is 0.351 e. The van der Waals surface area contributed by atoms with Gasteiger partial charge in [0.15, 0.2) is 0 Å². The molecule has 1 unspecified atom stereocenters. The van der Waals surface area contributed by atoms with E-state index in [1.54, 1.807) is 4.57 Å². The van der Waals surface area contributed by atoms with E-state index >= 15 is 0 Å². The van der Waals surface area contributed by atoms with E-state index in [2.05, 4.69) is 10.3 Å². The van der Waals surface area contributed by atoms with Crippen LogP contribution >= 0.6 is 0 Å². The van der Waals surface area contributed by atoms with Crippen molar-refractivity contribution in [3.63, 3.8) is 0 Å². The minimum absolute atomic E-state index is 0.0456. The summed E-state index contributed by atoms with van der Waals surface area (Å²) in [7, 11) is 0. The first-order chi connectivity index (χ1) is 13.8. The molecule has 0 radical (unpaired) electrons. The predicted molar refractivity (Wildman–Crippen MR) is 105 cm³/mol. The van der Waals surface area contributed by atoms with Crippen LogP contribution in [0.3, 0.4) is 0 Å². The fourth-order valence-corrected chi connectivity index (χ4v) is 3.85. The highest BCUT2D eigenvalue weighted by molar-refractivity contribution is 5.96. The standard InChI is InChI=1S/C21H21N3O4/c25-21-23-20-18-17(24(21)10-8-15-12-22-9-11-26-15)7-6-16(19(18)27-13-28-20)14-4-2-1-3-5-14/h1-7,15,22H,8-13H2. The van der Waals surface area contributed by atoms with Crippen LogP contribution in [0.5, 0.6) is 11.6 Å². The highest BCUT2D eigenvalue weighted by Gasteiger charge is 2.24. The second-order valence-electron chi connectivity index (χ2n) is 6.95. The topological polar surface area (TPSA) is 74.6 Å². The maximum absolute atomic E-state index is 12.7. The molecule has 7 nitrogen and oxygen atoms in total. The molecular formula is C21H21N3O4. The second kappa shape index (κ2) is 7.26. The number of hydrogen-bond donors (Lipinski definition) is 1. The molecule has 2 aliphatic rings. The molecule has 3 heterocycles. The summed E-state index contributed by atoms with van der Waals surface area (Å²) in [6.07, 6.45) is 0.833. The molecule has 7 heteroatoms. The van der Waals surface area contributed by atoms with Crippen molar-refractivity contribution in [2.24, 2.45) is 0 Å². The molecule has 1 fully saturated rings. The third kappa shape index (κ3) is 3.02. The van der Waals surface area contributed by atoms with Crippen LogP contribution in [0.2, 0.25) is 0 Å². The Labute approximate surface area is 161 Å². The lowest BCUT2D eigenvalue weighted by atomic mass is 10.0. The summed E-state index contributed by atoms with van der Waals surface area (Å²) in [6.45, 7) is 2.94. The van der Waals surface area contributed by atoms with E-state index in [-0.39, 0.29) is 18.6 Å². The number of ether oxygens (including phenoxy) is 3. The third-order valence-corrected chi connectivity index (χ3v) is 5.23. The maximum Gasteiger partial charge on any atom is 0.351 e. The van der Waals surface area contributed by atoms with Crippen LogP contribution in [0.25, 0.3) is 22.0 Å². The average molecular weight is 379 g/mol. The fourth-order valence-electron chi connectivity index (χ4n) is 3.85. The van der Waals surface area contributed by atoms with E-state index in [4.69, 9.17) is 14.2 Å². The van der Waals surface area contributed by atoms with Gasteiger partial charge >= 0.3 is 5.69 Å². The number of morpholine rings is 1. The van der Waals surface area contributed by atoms with Gasteiger partial charge in [0.05, 0.1) is 18.2 Å². The van der Waals surface area contributed by atoms with Crippen molar-refractivity contribution < 1.29 is 14.2 Å². The van der Waals surface area contributed by atoms with Crippen molar-refractivity contribution in [2.45, 2.75) is 19.1 Å². The van der Waals surface area contributed by atoms with Crippen molar-refractivity contribution in [3.05, 3.63) is 52.9 Å². The summed E-state index contributed by atoms with van der Waals surface area (Å²) in [4.78, 5) is 16.8. The van der Waals surface area contributed by atoms with Gasteiger partial charge in [0.25, 0.3) is 0 Å². The molecule has 2 aliphatic heterocycles. The molecule has 1 saturated heterocycles. The monoisotopic (exact) mass is 379 g/mol. The van der Waals surface area contributed by atoms with Crippen molar-refractivity contribution in [3.8, 4) is 22.8 Å². The van der Waals surface area contributed by atoms with E-state index in [0.29, 0.717) is 24.8 Å². The Morgan fingerprint density at radius 1 is 1.14 bits per heavy atom. The summed E-state index contributed by atoms with van der Waals surface area (Å²) in [6, 6.07) is 14.0. The van der Waals surface area contributed by atoms with Crippen LogP contribution in [0, 0.1) is 0 Å². The van der Waals surface area contributed by atoms with Crippen LogP contribution in [0.1, 0.15) is 6.42 Å². The van der Waals surface area contributed by atoms with Gasteiger partial charge in [0.1, 0.15) is 11.1 Å². The van der Waals surface area contributed by atoms with Gasteiger partial charge in [-0.3, -0.25) is 4.57 Å². The highest BCUT2D eigenvalue weighted by atomic mass is 16.7. The molecule has 0 aliphatic carbocycles. The van der Waals surface area contributed by atoms with Crippen LogP contribution in [-0.4, -0.2) is 42.1 Å². The lowest BCUT2D eigenvalue weighted by molar-refractivity contribution is 0.0210. The molecule has 5 rings (SSSR count). The fraction of sp³-hybridized carbons (Fsp3) is 0.333. The number of benzene rings is 2. The predicted octanol–water partition coefficient (Wildman–Crippen LogP) is 2.17. The van der Waals surface area contributed by atoms with Crippen LogP contribution in [-0.2, 0) is 11.3 Å². The largest absolute Gasteiger partial charge is 0.456 e. The highest BCUT2D eigenvalue weighted by Crippen LogP contribution is 2.42. The number of aryl methyl sites for hydroxylation is 1. The number of hydrogen-bond acceptors (Lipinski definition) is 6. The van der Waals surface area contributed by atoms with Crippen LogP contribution in [0.15, 0.2) is 47.3 Å². The van der Waals surface area contributed by atoms with Gasteiger partial charge in [0, 0.05) is 25.2 Å².